The van der Waals surface area contributed by atoms with Gasteiger partial charge in [0.25, 0.3) is 5.56 Å². The molecule has 46 heavy (non-hydrogen) atoms. The van der Waals surface area contributed by atoms with Crippen molar-refractivity contribution in [3.8, 4) is 0 Å². The summed E-state index contributed by atoms with van der Waals surface area (Å²) in [6, 6.07) is 17.7. The average molecular weight is 644 g/mol. The van der Waals surface area contributed by atoms with Gasteiger partial charge in [0, 0.05) is 70.0 Å². The number of imide groups is 1. The number of carbonyl (C=O) groups is 2. The summed E-state index contributed by atoms with van der Waals surface area (Å²) in [6.45, 7) is 5.71. The molecule has 4 heterocycles. The van der Waals surface area contributed by atoms with E-state index in [-0.39, 0.29) is 39.9 Å². The summed E-state index contributed by atoms with van der Waals surface area (Å²) in [7, 11) is 3.74. The van der Waals surface area contributed by atoms with Gasteiger partial charge >= 0.3 is 0 Å². The summed E-state index contributed by atoms with van der Waals surface area (Å²) >= 11 is 6.33. The molecule has 4 aliphatic rings. The quantitative estimate of drug-likeness (QED) is 0.376. The fourth-order valence-corrected chi connectivity index (χ4v) is 7.89. The van der Waals surface area contributed by atoms with Gasteiger partial charge in [-0.1, -0.05) is 48.0 Å². The highest BCUT2D eigenvalue weighted by Gasteiger charge is 2.51. The van der Waals surface area contributed by atoms with Crippen molar-refractivity contribution >= 4 is 34.8 Å². The van der Waals surface area contributed by atoms with Crippen LogP contribution in [-0.2, 0) is 23.2 Å². The predicted octanol–water partition coefficient (Wildman–Crippen LogP) is 3.71. The molecule has 1 saturated carbocycles. The number of likely N-dealkylation sites (N-methyl/N-ethyl adjacent to an activating group) is 1. The normalized spacial score (nSPS) is 25.0. The largest absolute Gasteiger partial charge is 0.378 e. The highest BCUT2D eigenvalue weighted by atomic mass is 35.5. The Morgan fingerprint density at radius 3 is 2.59 bits per heavy atom. The molecule has 3 aliphatic heterocycles. The Labute approximate surface area is 274 Å². The third kappa shape index (κ3) is 6.30. The minimum Gasteiger partial charge on any atom is -0.378 e. The maximum atomic E-state index is 12.5. The number of aryl methyl sites for hydroxylation is 1. The molecule has 2 amide bonds. The number of amides is 2. The lowest BCUT2D eigenvalue weighted by molar-refractivity contribution is -0.134. The van der Waals surface area contributed by atoms with E-state index in [1.165, 1.54) is 28.7 Å². The Bertz CT molecular complexity index is 1690. The number of carbonyl (C=O) groups excluding carboxylic acids is 2. The van der Waals surface area contributed by atoms with E-state index in [1.54, 1.807) is 13.2 Å². The lowest BCUT2D eigenvalue weighted by Gasteiger charge is -2.43. The fourth-order valence-electron chi connectivity index (χ4n) is 7.66. The van der Waals surface area contributed by atoms with E-state index in [0.29, 0.717) is 24.4 Å². The van der Waals surface area contributed by atoms with Crippen LogP contribution in [0.3, 0.4) is 0 Å². The number of hydrogen-bond donors (Lipinski definition) is 2. The number of hydrogen-bond acceptors (Lipinski definition) is 8. The third-order valence-corrected chi connectivity index (χ3v) is 10.8. The molecule has 0 bridgehead atoms. The van der Waals surface area contributed by atoms with Crippen molar-refractivity contribution in [2.45, 2.75) is 62.1 Å². The van der Waals surface area contributed by atoms with Gasteiger partial charge in [-0.2, -0.15) is 5.10 Å². The first kappa shape index (κ1) is 30.9. The second kappa shape index (κ2) is 12.5. The first-order valence-electron chi connectivity index (χ1n) is 16.4. The molecular formula is C35H42ClN7O3. The second-order valence-corrected chi connectivity index (χ2v) is 14.1. The van der Waals surface area contributed by atoms with Gasteiger partial charge in [0.1, 0.15) is 5.02 Å². The van der Waals surface area contributed by atoms with Gasteiger partial charge in [-0.05, 0) is 67.5 Å². The van der Waals surface area contributed by atoms with E-state index in [2.05, 4.69) is 73.9 Å². The summed E-state index contributed by atoms with van der Waals surface area (Å²) in [5, 5.41) is 10.3. The SMILES string of the molecule is CN1CC(Nc2cnn(C)c(=O)c2Cl)CC(c2ccc(CN3CCN(c4cccc(C5CCC(=O)NC5=O)c4)CC34CC4)cc2)C1. The number of aromatic nitrogens is 2. The molecule has 1 aliphatic carbocycles. The molecule has 10 nitrogen and oxygen atoms in total. The van der Waals surface area contributed by atoms with Crippen LogP contribution in [0.1, 0.15) is 60.6 Å². The Kier molecular flexibility index (Phi) is 8.37. The van der Waals surface area contributed by atoms with E-state index in [0.717, 1.165) is 56.9 Å². The van der Waals surface area contributed by atoms with Crippen LogP contribution >= 0.6 is 11.6 Å². The standard InChI is InChI=1S/C35H42ClN7O3/c1-40-20-26(16-27(21-40)38-30-18-37-41(2)34(46)32(30)36)24-8-6-23(7-9-24)19-43-15-14-42(22-35(43)12-13-35)28-5-3-4-25(17-28)29-10-11-31(44)39-33(29)45/h3-9,17-18,26-27,29,38H,10-16,19-22H2,1-2H3,(H,39,44,45). The van der Waals surface area contributed by atoms with Crippen molar-refractivity contribution in [3.05, 3.63) is 86.8 Å². The van der Waals surface area contributed by atoms with Crippen LogP contribution in [0, 0.1) is 0 Å². The third-order valence-electron chi connectivity index (χ3n) is 10.4. The van der Waals surface area contributed by atoms with Gasteiger partial charge in [-0.15, -0.1) is 0 Å². The zero-order valence-electron chi connectivity index (χ0n) is 26.5. The van der Waals surface area contributed by atoms with Crippen LogP contribution < -0.4 is 21.1 Å². The van der Waals surface area contributed by atoms with E-state index in [9.17, 15) is 14.4 Å². The van der Waals surface area contributed by atoms with Crippen molar-refractivity contribution < 1.29 is 9.59 Å². The van der Waals surface area contributed by atoms with Crippen LogP contribution in [0.4, 0.5) is 11.4 Å². The lowest BCUT2D eigenvalue weighted by Crippen LogP contribution is -2.54. The molecule has 7 rings (SSSR count). The smallest absolute Gasteiger partial charge is 0.287 e. The van der Waals surface area contributed by atoms with Crippen molar-refractivity contribution in [1.82, 2.24) is 24.9 Å². The average Bonchev–Trinajstić information content (AvgIpc) is 3.82. The summed E-state index contributed by atoms with van der Waals surface area (Å²) in [6.07, 6.45) is 5.94. The Morgan fingerprint density at radius 1 is 1.02 bits per heavy atom. The Hall–Kier alpha value is -3.73. The second-order valence-electron chi connectivity index (χ2n) is 13.7. The van der Waals surface area contributed by atoms with Gasteiger partial charge in [0.2, 0.25) is 11.8 Å². The zero-order chi connectivity index (χ0) is 32.0. The topological polar surface area (TPSA) is 103 Å². The number of nitrogens with one attached hydrogen (secondary N) is 2. The van der Waals surface area contributed by atoms with Crippen LogP contribution in [0.15, 0.2) is 59.5 Å². The number of piperazine rings is 1. The van der Waals surface area contributed by atoms with Gasteiger partial charge in [0.05, 0.1) is 17.8 Å². The van der Waals surface area contributed by atoms with Crippen molar-refractivity contribution in [3.63, 3.8) is 0 Å². The van der Waals surface area contributed by atoms with Gasteiger partial charge in [-0.25, -0.2) is 4.68 Å². The van der Waals surface area contributed by atoms with Crippen LogP contribution in [-0.4, -0.2) is 82.7 Å². The van der Waals surface area contributed by atoms with Crippen molar-refractivity contribution in [2.75, 3.05) is 50.0 Å². The molecule has 2 aromatic carbocycles. The van der Waals surface area contributed by atoms with E-state index in [1.807, 2.05) is 12.1 Å². The Morgan fingerprint density at radius 2 is 1.83 bits per heavy atom. The molecule has 3 aromatic rings. The molecule has 3 saturated heterocycles. The van der Waals surface area contributed by atoms with Gasteiger partial charge in [-0.3, -0.25) is 24.6 Å². The van der Waals surface area contributed by atoms with E-state index < -0.39 is 0 Å². The molecule has 2 N–H and O–H groups in total. The van der Waals surface area contributed by atoms with E-state index in [4.69, 9.17) is 11.6 Å². The minimum absolute atomic E-state index is 0.158. The summed E-state index contributed by atoms with van der Waals surface area (Å²) in [5.41, 5.74) is 5.31. The number of benzene rings is 2. The molecule has 3 unspecified atom stereocenters. The molecule has 3 atom stereocenters. The van der Waals surface area contributed by atoms with Crippen LogP contribution in [0.25, 0.3) is 0 Å². The predicted molar refractivity (Wildman–Crippen MR) is 179 cm³/mol. The summed E-state index contributed by atoms with van der Waals surface area (Å²) < 4.78 is 1.25. The molecule has 1 spiro atoms. The number of rotatable bonds is 7. The monoisotopic (exact) mass is 643 g/mol. The fraction of sp³-hybridized carbons (Fsp3) is 0.486. The first-order chi connectivity index (χ1) is 22.2. The van der Waals surface area contributed by atoms with E-state index >= 15 is 0 Å². The van der Waals surface area contributed by atoms with Gasteiger partial charge in [0.15, 0.2) is 0 Å². The number of halogens is 1. The highest BCUT2D eigenvalue weighted by molar-refractivity contribution is 6.32. The maximum Gasteiger partial charge on any atom is 0.287 e. The van der Waals surface area contributed by atoms with Gasteiger partial charge < -0.3 is 15.1 Å². The number of nitrogens with zero attached hydrogens (tertiary/aromatic N) is 5. The van der Waals surface area contributed by atoms with Crippen LogP contribution in [0.2, 0.25) is 5.02 Å². The zero-order valence-corrected chi connectivity index (χ0v) is 27.3. The Balaban J connectivity index is 0.976. The molecule has 0 radical (unpaired) electrons. The highest BCUT2D eigenvalue weighted by Crippen LogP contribution is 2.46. The maximum absolute atomic E-state index is 12.5. The summed E-state index contributed by atoms with van der Waals surface area (Å²) in [5.74, 6) is -0.247. The molecule has 4 fully saturated rings. The number of likely N-dealkylation sites (tertiary alicyclic amines) is 1. The van der Waals surface area contributed by atoms with Crippen molar-refractivity contribution in [1.29, 1.82) is 0 Å². The molecule has 11 heteroatoms. The van der Waals surface area contributed by atoms with Crippen LogP contribution in [0.5, 0.6) is 0 Å². The summed E-state index contributed by atoms with van der Waals surface area (Å²) in [4.78, 5) is 43.9. The molecule has 1 aromatic heterocycles. The minimum atomic E-state index is -0.295. The number of anilines is 2. The van der Waals surface area contributed by atoms with Crippen molar-refractivity contribution in [2.24, 2.45) is 7.05 Å². The molecule has 242 valence electrons. The number of piperidine rings is 2. The molecular weight excluding hydrogens is 602 g/mol. The lowest BCUT2D eigenvalue weighted by atomic mass is 9.87. The first-order valence-corrected chi connectivity index (χ1v) is 16.7.